The summed E-state index contributed by atoms with van der Waals surface area (Å²) in [6.07, 6.45) is 5.65. The van der Waals surface area contributed by atoms with Gasteiger partial charge in [0.25, 0.3) is 5.56 Å². The summed E-state index contributed by atoms with van der Waals surface area (Å²) in [5.41, 5.74) is 2.80. The number of nitrogens with zero attached hydrogens (tertiary/aromatic N) is 1. The maximum atomic E-state index is 12.0. The van der Waals surface area contributed by atoms with Gasteiger partial charge in [0.05, 0.1) is 0 Å². The molecule has 17 heavy (non-hydrogen) atoms. The monoisotopic (exact) mass is 234 g/mol. The van der Waals surface area contributed by atoms with Crippen LogP contribution in [0.15, 0.2) is 16.9 Å². The van der Waals surface area contributed by atoms with Crippen molar-refractivity contribution in [3.63, 3.8) is 0 Å². The van der Waals surface area contributed by atoms with Gasteiger partial charge in [-0.05, 0) is 38.3 Å². The third kappa shape index (κ3) is 2.60. The summed E-state index contributed by atoms with van der Waals surface area (Å²) in [6, 6.07) is 4.14. The molecule has 0 aliphatic heterocycles. The minimum absolute atomic E-state index is 0.155. The fraction of sp³-hybridized carbons (Fsp3) is 0.643. The van der Waals surface area contributed by atoms with E-state index in [4.69, 9.17) is 0 Å². The highest BCUT2D eigenvalue weighted by atomic mass is 16.1. The van der Waals surface area contributed by atoms with Gasteiger partial charge in [0.1, 0.15) is 0 Å². The Labute approximate surface area is 103 Å². The average Bonchev–Trinajstić information content (AvgIpc) is 2.80. The maximum Gasteiger partial charge on any atom is 0.250 e. The zero-order valence-corrected chi connectivity index (χ0v) is 10.8. The van der Waals surface area contributed by atoms with E-state index >= 15 is 0 Å². The van der Waals surface area contributed by atoms with Gasteiger partial charge in [-0.1, -0.05) is 19.4 Å². The zero-order valence-electron chi connectivity index (χ0n) is 10.8. The van der Waals surface area contributed by atoms with Gasteiger partial charge in [0.15, 0.2) is 0 Å². The number of rotatable bonds is 5. The highest BCUT2D eigenvalue weighted by Crippen LogP contribution is 2.20. The van der Waals surface area contributed by atoms with Crippen LogP contribution in [0.2, 0.25) is 0 Å². The third-order valence-electron chi connectivity index (χ3n) is 3.70. The van der Waals surface area contributed by atoms with Crippen LogP contribution in [-0.2, 0) is 19.4 Å². The van der Waals surface area contributed by atoms with Crippen molar-refractivity contribution in [2.24, 2.45) is 0 Å². The Morgan fingerprint density at radius 3 is 2.94 bits per heavy atom. The quantitative estimate of drug-likeness (QED) is 0.842. The molecular weight excluding hydrogens is 212 g/mol. The maximum absolute atomic E-state index is 12.0. The summed E-state index contributed by atoms with van der Waals surface area (Å²) in [5.74, 6) is 0. The molecule has 3 heteroatoms. The highest BCUT2D eigenvalue weighted by Gasteiger charge is 2.17. The molecule has 1 heterocycles. The first-order valence-electron chi connectivity index (χ1n) is 6.65. The molecule has 3 nitrogen and oxygen atoms in total. The normalized spacial score (nSPS) is 15.9. The molecule has 1 aromatic rings. The van der Waals surface area contributed by atoms with E-state index in [2.05, 4.69) is 12.2 Å². The Hall–Kier alpha value is -1.09. The van der Waals surface area contributed by atoms with E-state index in [-0.39, 0.29) is 5.56 Å². The van der Waals surface area contributed by atoms with Gasteiger partial charge in [-0.3, -0.25) is 4.79 Å². The van der Waals surface area contributed by atoms with Crippen molar-refractivity contribution in [1.29, 1.82) is 0 Å². The van der Waals surface area contributed by atoms with Crippen LogP contribution in [-0.4, -0.2) is 17.7 Å². The van der Waals surface area contributed by atoms with Crippen molar-refractivity contribution in [3.8, 4) is 0 Å². The topological polar surface area (TPSA) is 34.0 Å². The number of hydrogen-bond acceptors (Lipinski definition) is 2. The third-order valence-corrected chi connectivity index (χ3v) is 3.70. The van der Waals surface area contributed by atoms with Gasteiger partial charge in [-0.2, -0.15) is 0 Å². The number of hydrogen-bond donors (Lipinski definition) is 1. The lowest BCUT2D eigenvalue weighted by Gasteiger charge is -2.19. The van der Waals surface area contributed by atoms with Crippen LogP contribution in [0.25, 0.3) is 0 Å². The van der Waals surface area contributed by atoms with E-state index in [0.717, 1.165) is 32.2 Å². The second kappa shape index (κ2) is 5.50. The van der Waals surface area contributed by atoms with Crippen LogP contribution in [0.5, 0.6) is 0 Å². The van der Waals surface area contributed by atoms with E-state index in [0.29, 0.717) is 6.04 Å². The number of nitrogens with one attached hydrogen (secondary N) is 1. The second-order valence-electron chi connectivity index (χ2n) is 4.88. The van der Waals surface area contributed by atoms with Crippen LogP contribution < -0.4 is 10.9 Å². The molecule has 0 saturated heterocycles. The molecule has 1 aromatic heterocycles. The summed E-state index contributed by atoms with van der Waals surface area (Å²) < 4.78 is 1.99. The molecule has 1 N–H and O–H groups in total. The lowest BCUT2D eigenvalue weighted by Crippen LogP contribution is -2.35. The van der Waals surface area contributed by atoms with E-state index in [1.807, 2.05) is 17.7 Å². The Morgan fingerprint density at radius 2 is 2.24 bits per heavy atom. The molecule has 1 aliphatic rings. The fourth-order valence-electron chi connectivity index (χ4n) is 2.73. The van der Waals surface area contributed by atoms with Crippen molar-refractivity contribution in [3.05, 3.63) is 33.7 Å². The summed E-state index contributed by atoms with van der Waals surface area (Å²) in [7, 11) is 1.98. The van der Waals surface area contributed by atoms with E-state index in [1.165, 1.54) is 17.7 Å². The number of fused-ring (bicyclic) bond motifs is 1. The first kappa shape index (κ1) is 12.4. The lowest BCUT2D eigenvalue weighted by molar-refractivity contribution is 0.435. The lowest BCUT2D eigenvalue weighted by atomic mass is 10.1. The van der Waals surface area contributed by atoms with Crippen molar-refractivity contribution in [2.45, 2.75) is 51.6 Å². The summed E-state index contributed by atoms with van der Waals surface area (Å²) in [4.78, 5) is 12.0. The van der Waals surface area contributed by atoms with Gasteiger partial charge in [0, 0.05) is 24.3 Å². The summed E-state index contributed by atoms with van der Waals surface area (Å²) in [5, 5.41) is 3.31. The Bertz CT molecular complexity index is 436. The largest absolute Gasteiger partial charge is 0.315 e. The molecule has 2 rings (SSSR count). The van der Waals surface area contributed by atoms with Crippen molar-refractivity contribution in [1.82, 2.24) is 9.88 Å². The number of pyridine rings is 1. The highest BCUT2D eigenvalue weighted by molar-refractivity contribution is 5.25. The van der Waals surface area contributed by atoms with E-state index in [9.17, 15) is 4.79 Å². The van der Waals surface area contributed by atoms with Crippen LogP contribution in [0.3, 0.4) is 0 Å². The SMILES string of the molecule is CCCC(Cn1c2c(ccc1=O)CCC2)NC. The number of likely N-dealkylation sites (N-methyl/N-ethyl adjacent to an activating group) is 1. The van der Waals surface area contributed by atoms with E-state index < -0.39 is 0 Å². The minimum Gasteiger partial charge on any atom is -0.315 e. The van der Waals surface area contributed by atoms with Crippen molar-refractivity contribution in [2.75, 3.05) is 7.05 Å². The Morgan fingerprint density at radius 1 is 1.41 bits per heavy atom. The standard InChI is InChI=1S/C14H22N2O/c1-3-5-12(15-2)10-16-13-7-4-6-11(13)8-9-14(16)17/h8-9,12,15H,3-7,10H2,1-2H3. The molecule has 0 saturated carbocycles. The van der Waals surface area contributed by atoms with Crippen LogP contribution in [0.4, 0.5) is 0 Å². The Balaban J connectivity index is 2.26. The molecule has 0 aromatic carbocycles. The van der Waals surface area contributed by atoms with Gasteiger partial charge in [-0.25, -0.2) is 0 Å². The molecule has 0 radical (unpaired) electrons. The molecule has 94 valence electrons. The second-order valence-corrected chi connectivity index (χ2v) is 4.88. The predicted molar refractivity (Wildman–Crippen MR) is 70.5 cm³/mol. The molecule has 0 spiro atoms. The van der Waals surface area contributed by atoms with Gasteiger partial charge in [0.2, 0.25) is 0 Å². The average molecular weight is 234 g/mol. The number of aromatic nitrogens is 1. The van der Waals surface area contributed by atoms with Crippen molar-refractivity contribution < 1.29 is 0 Å². The Kier molecular flexibility index (Phi) is 4.00. The van der Waals surface area contributed by atoms with Crippen LogP contribution in [0.1, 0.15) is 37.4 Å². The molecular formula is C14H22N2O. The van der Waals surface area contributed by atoms with Gasteiger partial charge < -0.3 is 9.88 Å². The zero-order chi connectivity index (χ0) is 12.3. The minimum atomic E-state index is 0.155. The predicted octanol–water partition coefficient (Wildman–Crippen LogP) is 1.73. The van der Waals surface area contributed by atoms with Crippen LogP contribution >= 0.6 is 0 Å². The molecule has 0 amide bonds. The molecule has 1 unspecified atom stereocenters. The van der Waals surface area contributed by atoms with Crippen LogP contribution in [0, 0.1) is 0 Å². The fourth-order valence-corrected chi connectivity index (χ4v) is 2.73. The molecule has 1 aliphatic carbocycles. The number of aryl methyl sites for hydroxylation is 1. The van der Waals surface area contributed by atoms with Gasteiger partial charge in [-0.15, -0.1) is 0 Å². The van der Waals surface area contributed by atoms with Crippen molar-refractivity contribution >= 4 is 0 Å². The smallest absolute Gasteiger partial charge is 0.250 e. The van der Waals surface area contributed by atoms with E-state index in [1.54, 1.807) is 6.07 Å². The molecule has 0 fully saturated rings. The first-order valence-corrected chi connectivity index (χ1v) is 6.65. The van der Waals surface area contributed by atoms with Gasteiger partial charge >= 0.3 is 0 Å². The first-order chi connectivity index (χ1) is 8.26. The summed E-state index contributed by atoms with van der Waals surface area (Å²) in [6.45, 7) is 2.99. The summed E-state index contributed by atoms with van der Waals surface area (Å²) >= 11 is 0. The molecule has 1 atom stereocenters. The molecule has 0 bridgehead atoms.